The van der Waals surface area contributed by atoms with Crippen LogP contribution in [0.1, 0.15) is 51.9 Å². The molecule has 1 amide bonds. The number of aliphatic hydroxyl groups is 1. The summed E-state index contributed by atoms with van der Waals surface area (Å²) in [6.07, 6.45) is 7.76. The van der Waals surface area contributed by atoms with E-state index in [0.29, 0.717) is 18.4 Å². The smallest absolute Gasteiger partial charge is 0.222 e. The van der Waals surface area contributed by atoms with Gasteiger partial charge in [0.25, 0.3) is 0 Å². The third kappa shape index (κ3) is 3.93. The fourth-order valence-corrected chi connectivity index (χ4v) is 3.38. The minimum atomic E-state index is 0.0848. The number of likely N-dealkylation sites (tertiary alicyclic amines) is 1. The first-order chi connectivity index (χ1) is 9.15. The summed E-state index contributed by atoms with van der Waals surface area (Å²) in [5.74, 6) is 0.295. The first-order valence-corrected chi connectivity index (χ1v) is 7.77. The summed E-state index contributed by atoms with van der Waals surface area (Å²) in [5, 5.41) is 13.2. The maximum absolute atomic E-state index is 11.6. The van der Waals surface area contributed by atoms with E-state index in [1.54, 1.807) is 0 Å². The van der Waals surface area contributed by atoms with E-state index in [-0.39, 0.29) is 12.0 Å². The molecule has 1 aliphatic carbocycles. The van der Waals surface area contributed by atoms with E-state index < -0.39 is 0 Å². The molecule has 1 aliphatic heterocycles. The molecule has 1 saturated heterocycles. The maximum atomic E-state index is 11.6. The molecule has 1 unspecified atom stereocenters. The van der Waals surface area contributed by atoms with Crippen LogP contribution in [-0.2, 0) is 4.79 Å². The lowest BCUT2D eigenvalue weighted by Gasteiger charge is -2.37. The van der Waals surface area contributed by atoms with Crippen molar-refractivity contribution in [2.24, 2.45) is 5.41 Å². The maximum Gasteiger partial charge on any atom is 0.222 e. The number of hydrogen-bond acceptors (Lipinski definition) is 3. The van der Waals surface area contributed by atoms with Crippen molar-refractivity contribution in [1.82, 2.24) is 10.2 Å². The van der Waals surface area contributed by atoms with Crippen LogP contribution in [0, 0.1) is 5.41 Å². The first kappa shape index (κ1) is 14.8. The molecule has 1 saturated carbocycles. The number of aliphatic hydroxyl groups excluding tert-OH is 1. The molecule has 0 aromatic carbocycles. The predicted octanol–water partition coefficient (Wildman–Crippen LogP) is 1.53. The fraction of sp³-hybridized carbons (Fsp3) is 0.933. The fourth-order valence-electron chi connectivity index (χ4n) is 3.38. The van der Waals surface area contributed by atoms with Crippen molar-refractivity contribution in [2.75, 3.05) is 26.2 Å². The van der Waals surface area contributed by atoms with Gasteiger partial charge in [-0.05, 0) is 26.2 Å². The summed E-state index contributed by atoms with van der Waals surface area (Å²) in [6, 6.07) is 0.312. The number of amides is 1. The van der Waals surface area contributed by atoms with E-state index in [9.17, 15) is 9.90 Å². The van der Waals surface area contributed by atoms with Crippen LogP contribution in [-0.4, -0.2) is 48.2 Å². The summed E-state index contributed by atoms with van der Waals surface area (Å²) >= 11 is 0. The first-order valence-electron chi connectivity index (χ1n) is 7.77. The van der Waals surface area contributed by atoms with Crippen LogP contribution in [0.2, 0.25) is 0 Å². The molecule has 0 aromatic rings. The number of carbonyl (C=O) groups is 1. The normalized spacial score (nSPS) is 24.7. The van der Waals surface area contributed by atoms with Gasteiger partial charge in [0.1, 0.15) is 0 Å². The van der Waals surface area contributed by atoms with Gasteiger partial charge in [0.2, 0.25) is 5.91 Å². The van der Waals surface area contributed by atoms with Crippen LogP contribution < -0.4 is 5.32 Å². The minimum absolute atomic E-state index is 0.0848. The van der Waals surface area contributed by atoms with Crippen LogP contribution in [0.3, 0.4) is 0 Å². The van der Waals surface area contributed by atoms with Gasteiger partial charge in [-0.2, -0.15) is 0 Å². The van der Waals surface area contributed by atoms with Gasteiger partial charge in [-0.3, -0.25) is 4.79 Å². The summed E-state index contributed by atoms with van der Waals surface area (Å²) < 4.78 is 0. The SMILES string of the molecule is CC(CN1CCCC1=O)NCC1(CO)CCCCC1. The number of nitrogens with one attached hydrogen (secondary N) is 1. The highest BCUT2D eigenvalue weighted by atomic mass is 16.3. The predicted molar refractivity (Wildman–Crippen MR) is 75.9 cm³/mol. The lowest BCUT2D eigenvalue weighted by atomic mass is 9.74. The molecule has 19 heavy (non-hydrogen) atoms. The van der Waals surface area contributed by atoms with Crippen LogP contribution >= 0.6 is 0 Å². The van der Waals surface area contributed by atoms with Gasteiger partial charge in [-0.15, -0.1) is 0 Å². The Morgan fingerprint density at radius 2 is 2.05 bits per heavy atom. The van der Waals surface area contributed by atoms with Crippen molar-refractivity contribution in [2.45, 2.75) is 57.9 Å². The van der Waals surface area contributed by atoms with Gasteiger partial charge in [0, 0.05) is 44.1 Å². The number of carbonyl (C=O) groups excluding carboxylic acids is 1. The quantitative estimate of drug-likeness (QED) is 0.768. The van der Waals surface area contributed by atoms with E-state index in [1.165, 1.54) is 19.3 Å². The molecule has 2 rings (SSSR count). The number of nitrogens with zero attached hydrogens (tertiary/aromatic N) is 1. The Balaban J connectivity index is 1.75. The molecule has 2 fully saturated rings. The Labute approximate surface area is 116 Å². The highest BCUT2D eigenvalue weighted by molar-refractivity contribution is 5.78. The molecule has 0 aromatic heterocycles. The largest absolute Gasteiger partial charge is 0.396 e. The lowest BCUT2D eigenvalue weighted by Crippen LogP contribution is -2.46. The average Bonchev–Trinajstić information content (AvgIpc) is 2.83. The zero-order valence-electron chi connectivity index (χ0n) is 12.2. The zero-order chi connectivity index (χ0) is 13.7. The molecule has 2 aliphatic rings. The topological polar surface area (TPSA) is 52.6 Å². The van der Waals surface area contributed by atoms with Crippen molar-refractivity contribution < 1.29 is 9.90 Å². The number of hydrogen-bond donors (Lipinski definition) is 2. The summed E-state index contributed by atoms with van der Waals surface area (Å²) in [5.41, 5.74) is 0.0848. The average molecular weight is 268 g/mol. The molecule has 4 heteroatoms. The molecular formula is C15H28N2O2. The van der Waals surface area contributed by atoms with E-state index in [4.69, 9.17) is 0 Å². The van der Waals surface area contributed by atoms with Crippen LogP contribution in [0.4, 0.5) is 0 Å². The highest BCUT2D eigenvalue weighted by Gasteiger charge is 2.31. The third-order valence-corrected chi connectivity index (χ3v) is 4.74. The van der Waals surface area contributed by atoms with Crippen LogP contribution in [0.5, 0.6) is 0 Å². The van der Waals surface area contributed by atoms with E-state index >= 15 is 0 Å². The van der Waals surface area contributed by atoms with E-state index in [1.807, 2.05) is 4.90 Å². The Hall–Kier alpha value is -0.610. The molecule has 110 valence electrons. The Kier molecular flexibility index (Phi) is 5.22. The molecule has 0 radical (unpaired) electrons. The standard InChI is InChI=1S/C15H28N2O2/c1-13(10-17-9-5-6-14(17)19)16-11-15(12-18)7-3-2-4-8-15/h13,16,18H,2-12H2,1H3. The summed E-state index contributed by atoms with van der Waals surface area (Å²) in [4.78, 5) is 13.6. The molecule has 1 atom stereocenters. The van der Waals surface area contributed by atoms with Crippen molar-refractivity contribution in [3.05, 3.63) is 0 Å². The van der Waals surface area contributed by atoms with Gasteiger partial charge < -0.3 is 15.3 Å². The molecule has 1 heterocycles. The number of rotatable bonds is 6. The second-order valence-corrected chi connectivity index (χ2v) is 6.44. The second-order valence-electron chi connectivity index (χ2n) is 6.44. The van der Waals surface area contributed by atoms with E-state index in [0.717, 1.165) is 38.9 Å². The molecule has 4 nitrogen and oxygen atoms in total. The zero-order valence-corrected chi connectivity index (χ0v) is 12.2. The van der Waals surface area contributed by atoms with Gasteiger partial charge >= 0.3 is 0 Å². The highest BCUT2D eigenvalue weighted by Crippen LogP contribution is 2.35. The van der Waals surface area contributed by atoms with Crippen molar-refractivity contribution in [1.29, 1.82) is 0 Å². The lowest BCUT2D eigenvalue weighted by molar-refractivity contribution is -0.127. The Morgan fingerprint density at radius 3 is 2.63 bits per heavy atom. The molecule has 2 N–H and O–H groups in total. The Morgan fingerprint density at radius 1 is 1.32 bits per heavy atom. The van der Waals surface area contributed by atoms with Gasteiger partial charge in [-0.1, -0.05) is 19.3 Å². The van der Waals surface area contributed by atoms with Crippen molar-refractivity contribution in [3.8, 4) is 0 Å². The van der Waals surface area contributed by atoms with Crippen molar-refractivity contribution >= 4 is 5.91 Å². The van der Waals surface area contributed by atoms with Crippen LogP contribution in [0.25, 0.3) is 0 Å². The van der Waals surface area contributed by atoms with Gasteiger partial charge in [0.15, 0.2) is 0 Å². The van der Waals surface area contributed by atoms with Crippen molar-refractivity contribution in [3.63, 3.8) is 0 Å². The van der Waals surface area contributed by atoms with E-state index in [2.05, 4.69) is 12.2 Å². The van der Waals surface area contributed by atoms with Gasteiger partial charge in [0.05, 0.1) is 0 Å². The third-order valence-electron chi connectivity index (χ3n) is 4.74. The molecule has 0 spiro atoms. The molecular weight excluding hydrogens is 240 g/mol. The van der Waals surface area contributed by atoms with Crippen LogP contribution in [0.15, 0.2) is 0 Å². The Bertz CT molecular complexity index is 301. The second kappa shape index (κ2) is 6.71. The summed E-state index contributed by atoms with van der Waals surface area (Å²) in [7, 11) is 0. The monoisotopic (exact) mass is 268 g/mol. The minimum Gasteiger partial charge on any atom is -0.396 e. The summed E-state index contributed by atoms with van der Waals surface area (Å²) in [6.45, 7) is 5.03. The van der Waals surface area contributed by atoms with Gasteiger partial charge in [-0.25, -0.2) is 0 Å². The molecule has 0 bridgehead atoms.